The predicted octanol–water partition coefficient (Wildman–Crippen LogP) is 16.0. The van der Waals surface area contributed by atoms with E-state index in [1.54, 1.807) is 0 Å². The van der Waals surface area contributed by atoms with Crippen molar-refractivity contribution in [1.82, 2.24) is 0 Å². The van der Waals surface area contributed by atoms with Crippen LogP contribution in [0.1, 0.15) is 284 Å². The maximum atomic E-state index is 12.7. The lowest BCUT2D eigenvalue weighted by atomic mass is 10.0. The molecule has 0 aliphatic heterocycles. The highest BCUT2D eigenvalue weighted by Gasteiger charge is 2.19. The normalized spacial score (nSPS) is 11.8. The third-order valence-corrected chi connectivity index (χ3v) is 11.4. The molecule has 332 valence electrons. The number of rotatable bonds is 46. The predicted molar refractivity (Wildman–Crippen MR) is 238 cm³/mol. The van der Waals surface area contributed by atoms with Crippen LogP contribution in [0.5, 0.6) is 0 Å². The van der Waals surface area contributed by atoms with E-state index in [4.69, 9.17) is 14.2 Å². The van der Waals surface area contributed by atoms with Gasteiger partial charge >= 0.3 is 17.9 Å². The van der Waals surface area contributed by atoms with Crippen molar-refractivity contribution in [3.05, 3.63) is 0 Å². The molecular formula is C50H96O6. The zero-order chi connectivity index (χ0) is 40.8. The SMILES string of the molecule is CCCCCCCCCCCCCCCCCCCC(=O)O[C@@H](COC(=O)CCCCCCC)COC(=O)CCCCCCCCCCCCCCCCCC. The molecule has 0 rings (SSSR count). The third-order valence-electron chi connectivity index (χ3n) is 11.4. The van der Waals surface area contributed by atoms with Gasteiger partial charge in [0.2, 0.25) is 0 Å². The number of carbonyl (C=O) groups excluding carboxylic acids is 3. The molecule has 0 bridgehead atoms. The Bertz CT molecular complexity index is 828. The highest BCUT2D eigenvalue weighted by molar-refractivity contribution is 5.71. The maximum absolute atomic E-state index is 12.7. The number of hydrogen-bond acceptors (Lipinski definition) is 6. The number of ether oxygens (including phenoxy) is 3. The van der Waals surface area contributed by atoms with E-state index in [-0.39, 0.29) is 31.1 Å². The van der Waals surface area contributed by atoms with Gasteiger partial charge in [0.1, 0.15) is 13.2 Å². The molecule has 0 radical (unpaired) electrons. The fourth-order valence-electron chi connectivity index (χ4n) is 7.56. The number of hydrogen-bond donors (Lipinski definition) is 0. The molecule has 1 atom stereocenters. The molecule has 0 amide bonds. The molecule has 0 fully saturated rings. The first-order chi connectivity index (χ1) is 27.5. The fraction of sp³-hybridized carbons (Fsp3) is 0.940. The molecule has 0 saturated carbocycles. The summed E-state index contributed by atoms with van der Waals surface area (Å²) >= 11 is 0. The molecule has 6 heteroatoms. The fourth-order valence-corrected chi connectivity index (χ4v) is 7.56. The first kappa shape index (κ1) is 54.4. The van der Waals surface area contributed by atoms with E-state index in [2.05, 4.69) is 20.8 Å². The van der Waals surface area contributed by atoms with Crippen LogP contribution in [0.2, 0.25) is 0 Å². The van der Waals surface area contributed by atoms with Crippen molar-refractivity contribution in [2.75, 3.05) is 13.2 Å². The van der Waals surface area contributed by atoms with Gasteiger partial charge in [0.25, 0.3) is 0 Å². The minimum Gasteiger partial charge on any atom is -0.462 e. The average molecular weight is 793 g/mol. The van der Waals surface area contributed by atoms with E-state index < -0.39 is 6.10 Å². The summed E-state index contributed by atoms with van der Waals surface area (Å²) in [6, 6.07) is 0. The lowest BCUT2D eigenvalue weighted by molar-refractivity contribution is -0.167. The molecule has 0 aliphatic rings. The van der Waals surface area contributed by atoms with Crippen LogP contribution < -0.4 is 0 Å². The van der Waals surface area contributed by atoms with Gasteiger partial charge in [-0.05, 0) is 19.3 Å². The quantitative estimate of drug-likeness (QED) is 0.0347. The summed E-state index contributed by atoms with van der Waals surface area (Å²) in [6.07, 6.45) is 48.3. The molecule has 0 aromatic carbocycles. The first-order valence-electron chi connectivity index (χ1n) is 25.0. The lowest BCUT2D eigenvalue weighted by Crippen LogP contribution is -2.30. The van der Waals surface area contributed by atoms with E-state index in [1.807, 2.05) is 0 Å². The second kappa shape index (κ2) is 46.1. The van der Waals surface area contributed by atoms with Crippen LogP contribution in [0.25, 0.3) is 0 Å². The van der Waals surface area contributed by atoms with E-state index in [9.17, 15) is 14.4 Å². The Kier molecular flexibility index (Phi) is 44.8. The molecule has 0 aromatic rings. The van der Waals surface area contributed by atoms with Crippen LogP contribution in [-0.4, -0.2) is 37.2 Å². The minimum absolute atomic E-state index is 0.0632. The molecule has 0 aliphatic carbocycles. The highest BCUT2D eigenvalue weighted by Crippen LogP contribution is 2.17. The largest absolute Gasteiger partial charge is 0.462 e. The number of esters is 3. The molecular weight excluding hydrogens is 697 g/mol. The average Bonchev–Trinajstić information content (AvgIpc) is 3.19. The highest BCUT2D eigenvalue weighted by atomic mass is 16.6. The van der Waals surface area contributed by atoms with Crippen LogP contribution in [-0.2, 0) is 28.6 Å². The Balaban J connectivity index is 4.12. The van der Waals surface area contributed by atoms with Crippen molar-refractivity contribution >= 4 is 17.9 Å². The molecule has 0 heterocycles. The van der Waals surface area contributed by atoms with Crippen LogP contribution in [0.4, 0.5) is 0 Å². The third kappa shape index (κ3) is 43.5. The van der Waals surface area contributed by atoms with Gasteiger partial charge in [-0.2, -0.15) is 0 Å². The van der Waals surface area contributed by atoms with Crippen LogP contribution in [0.15, 0.2) is 0 Å². The van der Waals surface area contributed by atoms with E-state index in [1.165, 1.54) is 180 Å². The van der Waals surface area contributed by atoms with Crippen molar-refractivity contribution in [2.24, 2.45) is 0 Å². The van der Waals surface area contributed by atoms with Gasteiger partial charge in [-0.25, -0.2) is 0 Å². The summed E-state index contributed by atoms with van der Waals surface area (Å²) in [5, 5.41) is 0. The van der Waals surface area contributed by atoms with Gasteiger partial charge in [-0.3, -0.25) is 14.4 Å². The Hall–Kier alpha value is -1.59. The summed E-state index contributed by atoms with van der Waals surface area (Å²) in [7, 11) is 0. The number of carbonyl (C=O) groups is 3. The summed E-state index contributed by atoms with van der Waals surface area (Å²) < 4.78 is 16.7. The maximum Gasteiger partial charge on any atom is 0.306 e. The monoisotopic (exact) mass is 793 g/mol. The molecule has 6 nitrogen and oxygen atoms in total. The van der Waals surface area contributed by atoms with Crippen molar-refractivity contribution < 1.29 is 28.6 Å². The van der Waals surface area contributed by atoms with Gasteiger partial charge < -0.3 is 14.2 Å². The molecule has 0 unspecified atom stereocenters. The van der Waals surface area contributed by atoms with Crippen LogP contribution in [0, 0.1) is 0 Å². The van der Waals surface area contributed by atoms with Gasteiger partial charge in [-0.1, -0.05) is 245 Å². The Morgan fingerprint density at radius 2 is 0.482 bits per heavy atom. The molecule has 0 aromatic heterocycles. The zero-order valence-corrected chi connectivity index (χ0v) is 37.9. The topological polar surface area (TPSA) is 78.9 Å². The molecule has 0 spiro atoms. The van der Waals surface area contributed by atoms with Crippen molar-refractivity contribution in [1.29, 1.82) is 0 Å². The second-order valence-electron chi connectivity index (χ2n) is 17.1. The van der Waals surface area contributed by atoms with E-state index >= 15 is 0 Å². The molecule has 0 N–H and O–H groups in total. The minimum atomic E-state index is -0.757. The molecule has 56 heavy (non-hydrogen) atoms. The Morgan fingerprint density at radius 1 is 0.286 bits per heavy atom. The van der Waals surface area contributed by atoms with Crippen molar-refractivity contribution in [2.45, 2.75) is 290 Å². The van der Waals surface area contributed by atoms with E-state index in [0.29, 0.717) is 19.3 Å². The summed E-state index contributed by atoms with van der Waals surface area (Å²) in [4.78, 5) is 37.6. The lowest BCUT2D eigenvalue weighted by Gasteiger charge is -2.18. The second-order valence-corrected chi connectivity index (χ2v) is 17.1. The van der Waals surface area contributed by atoms with Gasteiger partial charge in [0, 0.05) is 19.3 Å². The zero-order valence-electron chi connectivity index (χ0n) is 37.9. The smallest absolute Gasteiger partial charge is 0.306 e. The van der Waals surface area contributed by atoms with Crippen LogP contribution >= 0.6 is 0 Å². The Labute approximate surface area is 348 Å². The summed E-state index contributed by atoms with van der Waals surface area (Å²) in [6.45, 7) is 6.60. The number of unbranched alkanes of at least 4 members (excludes halogenated alkanes) is 35. The molecule has 0 saturated heterocycles. The summed E-state index contributed by atoms with van der Waals surface area (Å²) in [5.74, 6) is -0.859. The van der Waals surface area contributed by atoms with E-state index in [0.717, 1.165) is 64.2 Å². The van der Waals surface area contributed by atoms with Gasteiger partial charge in [0.15, 0.2) is 6.10 Å². The van der Waals surface area contributed by atoms with Crippen molar-refractivity contribution in [3.63, 3.8) is 0 Å². The standard InChI is InChI=1S/C50H96O6/c1-4-7-10-13-15-17-19-21-23-25-27-29-31-33-35-38-41-44-50(53)56-47(45-54-48(51)42-39-36-12-9-6-3)46-55-49(52)43-40-37-34-32-30-28-26-24-22-20-18-16-14-11-8-5-2/h47H,4-46H2,1-3H3/t47-/m0/s1. The van der Waals surface area contributed by atoms with Gasteiger partial charge in [-0.15, -0.1) is 0 Å². The summed E-state index contributed by atoms with van der Waals surface area (Å²) in [5.41, 5.74) is 0. The first-order valence-corrected chi connectivity index (χ1v) is 25.0. The van der Waals surface area contributed by atoms with Crippen LogP contribution in [0.3, 0.4) is 0 Å². The van der Waals surface area contributed by atoms with Crippen molar-refractivity contribution in [3.8, 4) is 0 Å². The van der Waals surface area contributed by atoms with Gasteiger partial charge in [0.05, 0.1) is 0 Å². The Morgan fingerprint density at radius 3 is 0.714 bits per heavy atom.